The topological polar surface area (TPSA) is 67.8 Å². The Kier molecular flexibility index (Phi) is 7.52. The molecule has 0 fully saturated rings. The minimum Gasteiger partial charge on any atom is -0.493 e. The van der Waals surface area contributed by atoms with Gasteiger partial charge in [-0.2, -0.15) is 4.99 Å². The molecule has 0 unspecified atom stereocenters. The minimum atomic E-state index is -0.386. The van der Waals surface area contributed by atoms with Crippen molar-refractivity contribution in [3.05, 3.63) is 33.7 Å². The summed E-state index contributed by atoms with van der Waals surface area (Å²) in [5.41, 5.74) is 0.720. The largest absolute Gasteiger partial charge is 0.493 e. The van der Waals surface area contributed by atoms with Gasteiger partial charge in [0.1, 0.15) is 5.75 Å². The van der Waals surface area contributed by atoms with Crippen molar-refractivity contribution in [2.24, 2.45) is 4.99 Å². The van der Waals surface area contributed by atoms with E-state index in [-0.39, 0.29) is 17.0 Å². The first-order chi connectivity index (χ1) is 12.0. The first kappa shape index (κ1) is 19.5. The molecule has 7 heteroatoms. The molecule has 0 aromatic heterocycles. The summed E-state index contributed by atoms with van der Waals surface area (Å²) in [7, 11) is 0. The zero-order valence-corrected chi connectivity index (χ0v) is 15.9. The third kappa shape index (κ3) is 6.21. The molecule has 1 N–H and O–H groups in total. The number of aliphatic imine (C=N–C) groups is 1. The van der Waals surface area contributed by atoms with E-state index in [1.807, 2.05) is 0 Å². The van der Waals surface area contributed by atoms with Crippen molar-refractivity contribution < 1.29 is 14.3 Å². The summed E-state index contributed by atoms with van der Waals surface area (Å²) in [5, 5.41) is 3.37. The Labute approximate surface area is 156 Å². The number of halogens is 1. The molecule has 0 saturated carbocycles. The molecule has 1 aromatic rings. The summed E-state index contributed by atoms with van der Waals surface area (Å²) < 4.78 is 5.84. The second-order valence-electron chi connectivity index (χ2n) is 5.61. The minimum absolute atomic E-state index is 0.265. The Balaban J connectivity index is 2.09. The second-order valence-corrected chi connectivity index (χ2v) is 7.07. The quantitative estimate of drug-likeness (QED) is 0.562. The normalized spacial score (nSPS) is 15.4. The van der Waals surface area contributed by atoms with Crippen LogP contribution in [0.2, 0.25) is 5.02 Å². The average Bonchev–Trinajstić information content (AvgIpc) is 2.87. The van der Waals surface area contributed by atoms with Crippen LogP contribution in [0.5, 0.6) is 5.75 Å². The van der Waals surface area contributed by atoms with Crippen molar-refractivity contribution in [2.45, 2.75) is 39.5 Å². The Bertz CT molecular complexity index is 716. The maximum Gasteiger partial charge on any atom is 0.286 e. The van der Waals surface area contributed by atoms with Gasteiger partial charge in [0, 0.05) is 17.5 Å². The van der Waals surface area contributed by atoms with Crippen LogP contribution in [0.4, 0.5) is 0 Å². The molecule has 1 aliphatic heterocycles. The van der Waals surface area contributed by atoms with Crippen LogP contribution < -0.4 is 10.1 Å². The maximum absolute atomic E-state index is 12.0. The van der Waals surface area contributed by atoms with Gasteiger partial charge in [0.25, 0.3) is 5.91 Å². The first-order valence-corrected chi connectivity index (χ1v) is 9.41. The molecule has 0 bridgehead atoms. The molecule has 2 rings (SSSR count). The number of thioether (sulfide) groups is 1. The fourth-order valence-electron chi connectivity index (χ4n) is 2.23. The van der Waals surface area contributed by atoms with Crippen molar-refractivity contribution in [3.63, 3.8) is 0 Å². The molecule has 0 atom stereocenters. The van der Waals surface area contributed by atoms with Gasteiger partial charge in [0.15, 0.2) is 5.17 Å². The molecule has 0 aliphatic carbocycles. The van der Waals surface area contributed by atoms with Crippen molar-refractivity contribution in [2.75, 3.05) is 6.61 Å². The van der Waals surface area contributed by atoms with Crippen molar-refractivity contribution in [3.8, 4) is 5.75 Å². The smallest absolute Gasteiger partial charge is 0.286 e. The molecular weight excluding hydrogens is 360 g/mol. The van der Waals surface area contributed by atoms with Gasteiger partial charge in [-0.05, 0) is 42.5 Å². The number of carbonyl (C=O) groups is 2. The maximum atomic E-state index is 12.0. The molecule has 0 saturated heterocycles. The second kappa shape index (κ2) is 9.63. The fraction of sp³-hybridized carbons (Fsp3) is 0.389. The summed E-state index contributed by atoms with van der Waals surface area (Å²) in [5.74, 6) is 0.0246. The molecule has 134 valence electrons. The molecule has 2 amide bonds. The molecular formula is C18H21ClN2O3S. The lowest BCUT2D eigenvalue weighted by molar-refractivity contribution is -0.117. The van der Waals surface area contributed by atoms with E-state index in [4.69, 9.17) is 16.3 Å². The van der Waals surface area contributed by atoms with E-state index < -0.39 is 0 Å². The van der Waals surface area contributed by atoms with Crippen LogP contribution in [0.25, 0.3) is 6.08 Å². The van der Waals surface area contributed by atoms with Crippen LogP contribution in [0.1, 0.15) is 45.1 Å². The van der Waals surface area contributed by atoms with E-state index in [1.54, 1.807) is 24.3 Å². The Morgan fingerprint density at radius 1 is 1.36 bits per heavy atom. The highest BCUT2D eigenvalue weighted by atomic mass is 35.5. The van der Waals surface area contributed by atoms with Crippen molar-refractivity contribution >= 4 is 46.4 Å². The van der Waals surface area contributed by atoms with Crippen LogP contribution in [0, 0.1) is 0 Å². The fourth-order valence-corrected chi connectivity index (χ4v) is 3.26. The predicted molar refractivity (Wildman–Crippen MR) is 103 cm³/mol. The van der Waals surface area contributed by atoms with Gasteiger partial charge < -0.3 is 10.1 Å². The number of amides is 2. The van der Waals surface area contributed by atoms with E-state index >= 15 is 0 Å². The summed E-state index contributed by atoms with van der Waals surface area (Å²) in [6.45, 7) is 4.15. The summed E-state index contributed by atoms with van der Waals surface area (Å²) in [6.07, 6.45) is 6.17. The van der Waals surface area contributed by atoms with Gasteiger partial charge >= 0.3 is 0 Å². The first-order valence-electron chi connectivity index (χ1n) is 8.22. The predicted octanol–water partition coefficient (Wildman–Crippen LogP) is 4.41. The Morgan fingerprint density at radius 2 is 2.16 bits per heavy atom. The highest BCUT2D eigenvalue weighted by Gasteiger charge is 2.23. The number of benzene rings is 1. The molecule has 25 heavy (non-hydrogen) atoms. The summed E-state index contributed by atoms with van der Waals surface area (Å²) in [6, 6.07) is 5.31. The average molecular weight is 381 g/mol. The third-order valence-electron chi connectivity index (χ3n) is 3.42. The highest BCUT2D eigenvalue weighted by molar-refractivity contribution is 8.18. The number of hydrogen-bond acceptors (Lipinski definition) is 4. The number of carbonyl (C=O) groups excluding carboxylic acids is 2. The number of amidine groups is 1. The van der Waals surface area contributed by atoms with E-state index in [2.05, 4.69) is 17.2 Å². The van der Waals surface area contributed by atoms with Gasteiger partial charge in [-0.25, -0.2) is 0 Å². The zero-order chi connectivity index (χ0) is 18.2. The lowest BCUT2D eigenvalue weighted by Gasteiger charge is -2.10. The van der Waals surface area contributed by atoms with E-state index in [0.29, 0.717) is 22.3 Å². The lowest BCUT2D eigenvalue weighted by Crippen LogP contribution is -2.23. The Hall–Kier alpha value is -1.79. The van der Waals surface area contributed by atoms with Crippen molar-refractivity contribution in [1.29, 1.82) is 0 Å². The number of nitrogens with zero attached hydrogens (tertiary/aromatic N) is 1. The number of nitrogens with one attached hydrogen (secondary N) is 1. The van der Waals surface area contributed by atoms with Gasteiger partial charge in [-0.15, -0.1) is 0 Å². The van der Waals surface area contributed by atoms with Gasteiger partial charge in [0.2, 0.25) is 5.91 Å². The highest BCUT2D eigenvalue weighted by Crippen LogP contribution is 2.32. The van der Waals surface area contributed by atoms with Crippen LogP contribution in [-0.4, -0.2) is 23.6 Å². The lowest BCUT2D eigenvalue weighted by atomic mass is 10.1. The standard InChI is InChI=1S/C18H21ClN2O3S/c1-3-4-5-6-9-24-15-8-7-14(19)10-13(15)11-16-17(23)21-18(25-16)20-12(2)22/h7-8,10-11H,3-6,9H2,1-2H3,(H,20,21,22,23). The number of hydrogen-bond donors (Lipinski definition) is 1. The monoisotopic (exact) mass is 380 g/mol. The molecule has 1 aromatic carbocycles. The van der Waals surface area contributed by atoms with Crippen LogP contribution in [0.3, 0.4) is 0 Å². The van der Waals surface area contributed by atoms with E-state index in [0.717, 1.165) is 30.2 Å². The summed E-state index contributed by atoms with van der Waals surface area (Å²) in [4.78, 5) is 27.3. The third-order valence-corrected chi connectivity index (χ3v) is 4.55. The number of ether oxygens (including phenoxy) is 1. The van der Waals surface area contributed by atoms with Crippen LogP contribution >= 0.6 is 23.4 Å². The molecule has 1 aliphatic rings. The zero-order valence-electron chi connectivity index (χ0n) is 14.3. The van der Waals surface area contributed by atoms with E-state index in [9.17, 15) is 9.59 Å². The molecule has 1 heterocycles. The van der Waals surface area contributed by atoms with Crippen LogP contribution in [-0.2, 0) is 9.59 Å². The van der Waals surface area contributed by atoms with E-state index in [1.165, 1.54) is 19.8 Å². The van der Waals surface area contributed by atoms with Gasteiger partial charge in [-0.3, -0.25) is 9.59 Å². The number of rotatable bonds is 7. The Morgan fingerprint density at radius 3 is 2.88 bits per heavy atom. The molecule has 0 spiro atoms. The number of unbranched alkanes of at least 4 members (excludes halogenated alkanes) is 3. The summed E-state index contributed by atoms with van der Waals surface area (Å²) >= 11 is 7.20. The SMILES string of the molecule is CCCCCCOc1ccc(Cl)cc1C=C1SC(NC(C)=O)=NC1=O. The molecule has 0 radical (unpaired) electrons. The van der Waals surface area contributed by atoms with Gasteiger partial charge in [0.05, 0.1) is 11.5 Å². The van der Waals surface area contributed by atoms with Gasteiger partial charge in [-0.1, -0.05) is 37.8 Å². The van der Waals surface area contributed by atoms with Crippen LogP contribution in [0.15, 0.2) is 28.1 Å². The van der Waals surface area contributed by atoms with Crippen molar-refractivity contribution in [1.82, 2.24) is 5.32 Å². The molecule has 5 nitrogen and oxygen atoms in total.